The minimum atomic E-state index is -0.188. The molecule has 0 atom stereocenters. The Bertz CT molecular complexity index is 1140. The van der Waals surface area contributed by atoms with Crippen LogP contribution in [0.5, 0.6) is 0 Å². The maximum Gasteiger partial charge on any atom is 0.254 e. The Hall–Kier alpha value is -2.87. The molecule has 0 saturated heterocycles. The van der Waals surface area contributed by atoms with Crippen molar-refractivity contribution in [1.29, 1.82) is 5.26 Å². The van der Waals surface area contributed by atoms with Crippen LogP contribution in [-0.2, 0) is 0 Å². The van der Waals surface area contributed by atoms with E-state index in [0.717, 1.165) is 10.8 Å². The number of carbonyl (C=O) groups excluding carboxylic acids is 2. The third-order valence-corrected chi connectivity index (χ3v) is 5.54. The van der Waals surface area contributed by atoms with E-state index in [1.165, 1.54) is 0 Å². The highest BCUT2D eigenvalue weighted by atomic mass is 35.5. The predicted molar refractivity (Wildman–Crippen MR) is 116 cm³/mol. The normalized spacial score (nSPS) is 10.6. The van der Waals surface area contributed by atoms with Crippen LogP contribution in [0.1, 0.15) is 39.1 Å². The van der Waals surface area contributed by atoms with Gasteiger partial charge in [0.1, 0.15) is 0 Å². The van der Waals surface area contributed by atoms with E-state index in [2.05, 4.69) is 6.07 Å². The lowest BCUT2D eigenvalue weighted by Crippen LogP contribution is -2.28. The Morgan fingerprint density at radius 1 is 1.03 bits per heavy atom. The molecule has 0 fully saturated rings. The van der Waals surface area contributed by atoms with Gasteiger partial charge in [-0.2, -0.15) is 5.26 Å². The van der Waals surface area contributed by atoms with E-state index in [9.17, 15) is 14.9 Å². The van der Waals surface area contributed by atoms with Crippen molar-refractivity contribution in [2.75, 3.05) is 13.6 Å². The van der Waals surface area contributed by atoms with Gasteiger partial charge in [0.2, 0.25) is 0 Å². The second-order valence-electron chi connectivity index (χ2n) is 6.71. The smallest absolute Gasteiger partial charge is 0.254 e. The lowest BCUT2D eigenvalue weighted by Gasteiger charge is -2.18. The van der Waals surface area contributed by atoms with E-state index in [4.69, 9.17) is 23.2 Å². The van der Waals surface area contributed by atoms with Gasteiger partial charge >= 0.3 is 0 Å². The molecular weight excluding hydrogens is 407 g/mol. The van der Waals surface area contributed by atoms with Crippen LogP contribution in [0.4, 0.5) is 0 Å². The van der Waals surface area contributed by atoms with E-state index < -0.39 is 0 Å². The monoisotopic (exact) mass is 424 g/mol. The molecule has 146 valence electrons. The molecule has 0 spiro atoms. The number of halogens is 2. The lowest BCUT2D eigenvalue weighted by atomic mass is 10.00. The molecule has 1 amide bonds. The van der Waals surface area contributed by atoms with Crippen LogP contribution in [0.15, 0.2) is 54.6 Å². The van der Waals surface area contributed by atoms with Crippen LogP contribution >= 0.6 is 23.2 Å². The number of fused-ring (bicyclic) bond motifs is 1. The van der Waals surface area contributed by atoms with Crippen LogP contribution < -0.4 is 0 Å². The van der Waals surface area contributed by atoms with Crippen molar-refractivity contribution in [3.8, 4) is 6.07 Å². The zero-order valence-corrected chi connectivity index (χ0v) is 17.3. The molecule has 3 aromatic rings. The number of amides is 1. The van der Waals surface area contributed by atoms with Crippen molar-refractivity contribution in [3.63, 3.8) is 0 Å². The molecule has 4 nitrogen and oxygen atoms in total. The van der Waals surface area contributed by atoms with Gasteiger partial charge < -0.3 is 4.90 Å². The highest BCUT2D eigenvalue weighted by molar-refractivity contribution is 6.43. The van der Waals surface area contributed by atoms with Gasteiger partial charge in [-0.15, -0.1) is 0 Å². The second-order valence-corrected chi connectivity index (χ2v) is 7.50. The number of hydrogen-bond acceptors (Lipinski definition) is 3. The van der Waals surface area contributed by atoms with Crippen LogP contribution in [-0.4, -0.2) is 30.2 Å². The topological polar surface area (TPSA) is 61.2 Å². The molecule has 3 rings (SSSR count). The second kappa shape index (κ2) is 9.09. The molecule has 0 aromatic heterocycles. The number of carbonyl (C=O) groups is 2. The molecule has 3 aromatic carbocycles. The molecular formula is C23H18Cl2N2O2. The van der Waals surface area contributed by atoms with Crippen molar-refractivity contribution >= 4 is 45.7 Å². The summed E-state index contributed by atoms with van der Waals surface area (Å²) < 4.78 is 0. The molecule has 0 unspecified atom stereocenters. The van der Waals surface area contributed by atoms with Crippen molar-refractivity contribution in [2.24, 2.45) is 0 Å². The first-order valence-corrected chi connectivity index (χ1v) is 9.83. The number of rotatable bonds is 6. The molecule has 0 heterocycles. The Morgan fingerprint density at radius 2 is 1.79 bits per heavy atom. The summed E-state index contributed by atoms with van der Waals surface area (Å²) in [5.41, 5.74) is 1.30. The fraction of sp³-hybridized carbons (Fsp3) is 0.174. The molecule has 0 N–H and O–H groups in total. The lowest BCUT2D eigenvalue weighted by molar-refractivity contribution is 0.0787. The van der Waals surface area contributed by atoms with Gasteiger partial charge in [0, 0.05) is 31.1 Å². The first-order chi connectivity index (χ1) is 13.9. The van der Waals surface area contributed by atoms with Crippen LogP contribution in [0.2, 0.25) is 10.0 Å². The zero-order valence-electron chi connectivity index (χ0n) is 15.8. The third-order valence-electron chi connectivity index (χ3n) is 4.72. The SMILES string of the molecule is CN(CCCC(=O)c1cccc(Cl)c1Cl)C(=O)c1cc(C#N)cc2ccccc12. The van der Waals surface area contributed by atoms with Crippen LogP contribution in [0.3, 0.4) is 0 Å². The number of ketones is 1. The van der Waals surface area contributed by atoms with E-state index >= 15 is 0 Å². The fourth-order valence-electron chi connectivity index (χ4n) is 3.19. The molecule has 6 heteroatoms. The average molecular weight is 425 g/mol. The summed E-state index contributed by atoms with van der Waals surface area (Å²) in [5, 5.41) is 11.5. The van der Waals surface area contributed by atoms with E-state index in [0.29, 0.717) is 34.7 Å². The largest absolute Gasteiger partial charge is 0.342 e. The van der Waals surface area contributed by atoms with Crippen molar-refractivity contribution in [1.82, 2.24) is 4.90 Å². The maximum atomic E-state index is 13.0. The van der Waals surface area contributed by atoms with Gasteiger partial charge in [-0.05, 0) is 41.5 Å². The third kappa shape index (κ3) is 4.59. The van der Waals surface area contributed by atoms with Gasteiger partial charge in [0.05, 0.1) is 21.7 Å². The summed E-state index contributed by atoms with van der Waals surface area (Å²) in [6, 6.07) is 17.9. The summed E-state index contributed by atoms with van der Waals surface area (Å²) in [7, 11) is 1.69. The summed E-state index contributed by atoms with van der Waals surface area (Å²) in [6.07, 6.45) is 0.733. The van der Waals surface area contributed by atoms with Gasteiger partial charge in [-0.25, -0.2) is 0 Å². The average Bonchev–Trinajstić information content (AvgIpc) is 2.74. The zero-order chi connectivity index (χ0) is 21.0. The van der Waals surface area contributed by atoms with Gasteiger partial charge in [-0.1, -0.05) is 53.5 Å². The minimum Gasteiger partial charge on any atom is -0.342 e. The van der Waals surface area contributed by atoms with E-state index in [-0.39, 0.29) is 23.1 Å². The summed E-state index contributed by atoms with van der Waals surface area (Å²) in [5.74, 6) is -0.304. The number of nitrogens with zero attached hydrogens (tertiary/aromatic N) is 2. The standard InChI is InChI=1S/C23H18Cl2N2O2/c1-27(11-5-10-21(28)18-8-4-9-20(24)22(18)25)23(29)19-13-15(14-26)12-16-6-2-3-7-17(16)19/h2-4,6-9,12-13H,5,10-11H2,1H3. The first-order valence-electron chi connectivity index (χ1n) is 9.08. The Labute approximate surface area is 179 Å². The highest BCUT2D eigenvalue weighted by Crippen LogP contribution is 2.27. The van der Waals surface area contributed by atoms with Gasteiger partial charge in [0.15, 0.2) is 5.78 Å². The Balaban J connectivity index is 1.70. The molecule has 0 aliphatic heterocycles. The van der Waals surface area contributed by atoms with Crippen LogP contribution in [0.25, 0.3) is 10.8 Å². The molecule has 29 heavy (non-hydrogen) atoms. The minimum absolute atomic E-state index is 0.115. The molecule has 0 radical (unpaired) electrons. The van der Waals surface area contributed by atoms with E-state index in [1.807, 2.05) is 24.3 Å². The Morgan fingerprint density at radius 3 is 2.55 bits per heavy atom. The molecule has 0 aliphatic rings. The summed E-state index contributed by atoms with van der Waals surface area (Å²) in [6.45, 7) is 0.397. The molecule has 0 aliphatic carbocycles. The van der Waals surface area contributed by atoms with E-state index in [1.54, 1.807) is 42.3 Å². The van der Waals surface area contributed by atoms with Gasteiger partial charge in [-0.3, -0.25) is 9.59 Å². The number of nitriles is 1. The van der Waals surface area contributed by atoms with Gasteiger partial charge in [0.25, 0.3) is 5.91 Å². The highest BCUT2D eigenvalue weighted by Gasteiger charge is 2.17. The summed E-state index contributed by atoms with van der Waals surface area (Å²) >= 11 is 12.1. The summed E-state index contributed by atoms with van der Waals surface area (Å²) in [4.78, 5) is 26.9. The predicted octanol–water partition coefficient (Wildman–Crippen LogP) is 5.75. The fourth-order valence-corrected chi connectivity index (χ4v) is 3.60. The Kier molecular flexibility index (Phi) is 6.53. The number of Topliss-reactive ketones (excluding diaryl/α,β-unsaturated/α-hetero) is 1. The quantitative estimate of drug-likeness (QED) is 0.472. The first kappa shape index (κ1) is 20.9. The number of benzene rings is 3. The van der Waals surface area contributed by atoms with Crippen molar-refractivity contribution < 1.29 is 9.59 Å². The molecule has 0 saturated carbocycles. The van der Waals surface area contributed by atoms with Crippen LogP contribution in [0, 0.1) is 11.3 Å². The molecule has 0 bridgehead atoms. The van der Waals surface area contributed by atoms with Crippen molar-refractivity contribution in [3.05, 3.63) is 81.3 Å². The van der Waals surface area contributed by atoms with Crippen molar-refractivity contribution in [2.45, 2.75) is 12.8 Å². The maximum absolute atomic E-state index is 13.0. The number of hydrogen-bond donors (Lipinski definition) is 0.